The molecule has 1 atom stereocenters. The van der Waals surface area contributed by atoms with Gasteiger partial charge in [0, 0.05) is 15.1 Å². The minimum absolute atomic E-state index is 0.175. The molecule has 2 aromatic rings. The number of amides is 1. The fourth-order valence-corrected chi connectivity index (χ4v) is 2.36. The van der Waals surface area contributed by atoms with Gasteiger partial charge in [0.05, 0.1) is 0 Å². The third-order valence-electron chi connectivity index (χ3n) is 2.85. The van der Waals surface area contributed by atoms with Gasteiger partial charge in [0.1, 0.15) is 5.75 Å². The lowest BCUT2D eigenvalue weighted by molar-refractivity contribution is -0.122. The van der Waals surface area contributed by atoms with Gasteiger partial charge in [-0.1, -0.05) is 15.9 Å². The second-order valence-corrected chi connectivity index (χ2v) is 6.23. The van der Waals surface area contributed by atoms with Crippen LogP contribution < -0.4 is 10.1 Å². The van der Waals surface area contributed by atoms with Crippen LogP contribution in [0.5, 0.6) is 5.75 Å². The van der Waals surface area contributed by atoms with Crippen LogP contribution in [-0.2, 0) is 4.79 Å². The Morgan fingerprint density at radius 1 is 1.14 bits per heavy atom. The highest BCUT2D eigenvalue weighted by Crippen LogP contribution is 2.20. The zero-order valence-electron chi connectivity index (χ0n) is 11.8. The Bertz CT molecular complexity index is 599. The quantitative estimate of drug-likeness (QED) is 0.788. The van der Waals surface area contributed by atoms with E-state index in [1.54, 1.807) is 18.7 Å². The highest BCUT2D eigenvalue weighted by Gasteiger charge is 2.14. The van der Waals surface area contributed by atoms with Crippen LogP contribution in [0.25, 0.3) is 0 Å². The summed E-state index contributed by atoms with van der Waals surface area (Å²) in [5.74, 6) is 0.512. The van der Waals surface area contributed by atoms with E-state index < -0.39 is 6.10 Å². The molecule has 1 amide bonds. The molecule has 5 heteroatoms. The van der Waals surface area contributed by atoms with Crippen LogP contribution in [0.2, 0.25) is 0 Å². The molecule has 0 saturated carbocycles. The van der Waals surface area contributed by atoms with E-state index in [0.717, 1.165) is 15.1 Å². The van der Waals surface area contributed by atoms with Crippen LogP contribution in [0, 0.1) is 0 Å². The number of hydrogen-bond acceptors (Lipinski definition) is 3. The van der Waals surface area contributed by atoms with Gasteiger partial charge in [-0.15, -0.1) is 11.8 Å². The zero-order chi connectivity index (χ0) is 15.2. The average molecular weight is 366 g/mol. The van der Waals surface area contributed by atoms with Gasteiger partial charge in [-0.25, -0.2) is 0 Å². The summed E-state index contributed by atoms with van der Waals surface area (Å²) < 4.78 is 6.61. The molecule has 0 aliphatic heterocycles. The first-order valence-electron chi connectivity index (χ1n) is 6.45. The van der Waals surface area contributed by atoms with Crippen LogP contribution >= 0.6 is 27.7 Å². The van der Waals surface area contributed by atoms with Crippen molar-refractivity contribution in [2.24, 2.45) is 0 Å². The van der Waals surface area contributed by atoms with Crippen molar-refractivity contribution >= 4 is 39.3 Å². The van der Waals surface area contributed by atoms with Crippen molar-refractivity contribution in [3.63, 3.8) is 0 Å². The number of hydrogen-bond donors (Lipinski definition) is 1. The molecule has 0 unspecified atom stereocenters. The first-order chi connectivity index (χ1) is 10.1. The summed E-state index contributed by atoms with van der Waals surface area (Å²) in [6, 6.07) is 15.1. The monoisotopic (exact) mass is 365 g/mol. The number of anilines is 1. The molecule has 3 nitrogen and oxygen atoms in total. The number of halogens is 1. The summed E-state index contributed by atoms with van der Waals surface area (Å²) >= 11 is 5.02. The highest BCUT2D eigenvalue weighted by atomic mass is 79.9. The molecule has 110 valence electrons. The van der Waals surface area contributed by atoms with Crippen LogP contribution in [0.15, 0.2) is 57.9 Å². The Hall–Kier alpha value is -1.46. The normalized spacial score (nSPS) is 11.8. The molecule has 0 radical (unpaired) electrons. The van der Waals surface area contributed by atoms with E-state index in [4.69, 9.17) is 4.74 Å². The topological polar surface area (TPSA) is 38.3 Å². The molecule has 0 bridgehead atoms. The van der Waals surface area contributed by atoms with Crippen molar-refractivity contribution in [1.29, 1.82) is 0 Å². The molecule has 0 fully saturated rings. The molecule has 0 heterocycles. The van der Waals surface area contributed by atoms with Gasteiger partial charge < -0.3 is 10.1 Å². The highest BCUT2D eigenvalue weighted by molar-refractivity contribution is 9.10. The molecule has 2 aromatic carbocycles. The third-order valence-corrected chi connectivity index (χ3v) is 4.13. The van der Waals surface area contributed by atoms with Gasteiger partial charge in [0.15, 0.2) is 6.10 Å². The first-order valence-corrected chi connectivity index (χ1v) is 8.47. The summed E-state index contributed by atoms with van der Waals surface area (Å²) in [6.07, 6.45) is 1.46. The van der Waals surface area contributed by atoms with Crippen molar-refractivity contribution in [2.75, 3.05) is 11.6 Å². The molecule has 2 rings (SSSR count). The molecule has 0 saturated heterocycles. The van der Waals surface area contributed by atoms with Crippen molar-refractivity contribution in [3.8, 4) is 5.75 Å². The SMILES string of the molecule is CSc1ccc(O[C@H](C)C(=O)Nc2ccc(Br)cc2)cc1. The molecular formula is C16H16BrNO2S. The molecule has 0 spiro atoms. The predicted molar refractivity (Wildman–Crippen MR) is 91.1 cm³/mol. The summed E-state index contributed by atoms with van der Waals surface area (Å²) in [5.41, 5.74) is 0.747. The molecule has 21 heavy (non-hydrogen) atoms. The number of nitrogens with one attached hydrogen (secondary N) is 1. The number of benzene rings is 2. The number of carbonyl (C=O) groups excluding carboxylic acids is 1. The lowest BCUT2D eigenvalue weighted by Crippen LogP contribution is -2.30. The van der Waals surface area contributed by atoms with Crippen LogP contribution in [0.4, 0.5) is 5.69 Å². The summed E-state index contributed by atoms with van der Waals surface area (Å²) in [4.78, 5) is 13.2. The predicted octanol–water partition coefficient (Wildman–Crippen LogP) is 4.58. The first kappa shape index (κ1) is 15.9. The van der Waals surface area contributed by atoms with Crippen molar-refractivity contribution in [1.82, 2.24) is 0 Å². The van der Waals surface area contributed by atoms with E-state index in [1.807, 2.05) is 54.8 Å². The van der Waals surface area contributed by atoms with Crippen LogP contribution in [0.1, 0.15) is 6.92 Å². The van der Waals surface area contributed by atoms with E-state index in [-0.39, 0.29) is 5.91 Å². The van der Waals surface area contributed by atoms with E-state index in [1.165, 1.54) is 0 Å². The van der Waals surface area contributed by atoms with Crippen molar-refractivity contribution in [2.45, 2.75) is 17.9 Å². The van der Waals surface area contributed by atoms with E-state index >= 15 is 0 Å². The summed E-state index contributed by atoms with van der Waals surface area (Å²) in [7, 11) is 0. The molecule has 0 aromatic heterocycles. The minimum Gasteiger partial charge on any atom is -0.481 e. The fourth-order valence-electron chi connectivity index (χ4n) is 1.69. The van der Waals surface area contributed by atoms with Gasteiger partial charge in [-0.05, 0) is 61.7 Å². The maximum atomic E-state index is 12.1. The van der Waals surface area contributed by atoms with Crippen molar-refractivity contribution < 1.29 is 9.53 Å². The van der Waals surface area contributed by atoms with Gasteiger partial charge in [-0.2, -0.15) is 0 Å². The number of carbonyl (C=O) groups is 1. The van der Waals surface area contributed by atoms with E-state index in [2.05, 4.69) is 21.2 Å². The standard InChI is InChI=1S/C16H16BrNO2S/c1-11(20-14-7-9-15(21-2)10-8-14)16(19)18-13-5-3-12(17)4-6-13/h3-11H,1-2H3,(H,18,19)/t11-/m1/s1. The maximum Gasteiger partial charge on any atom is 0.265 e. The Morgan fingerprint density at radius 3 is 2.33 bits per heavy atom. The van der Waals surface area contributed by atoms with Gasteiger partial charge in [0.25, 0.3) is 5.91 Å². The van der Waals surface area contributed by atoms with Gasteiger partial charge >= 0.3 is 0 Å². The van der Waals surface area contributed by atoms with Crippen LogP contribution in [-0.4, -0.2) is 18.3 Å². The van der Waals surface area contributed by atoms with Crippen molar-refractivity contribution in [3.05, 3.63) is 53.0 Å². The van der Waals surface area contributed by atoms with Gasteiger partial charge in [-0.3, -0.25) is 4.79 Å². The largest absolute Gasteiger partial charge is 0.481 e. The molecule has 1 N–H and O–H groups in total. The Morgan fingerprint density at radius 2 is 1.76 bits per heavy atom. The number of rotatable bonds is 5. The lowest BCUT2D eigenvalue weighted by atomic mass is 10.3. The summed E-state index contributed by atoms with van der Waals surface area (Å²) in [6.45, 7) is 1.73. The Kier molecular flexibility index (Phi) is 5.70. The van der Waals surface area contributed by atoms with E-state index in [0.29, 0.717) is 5.75 Å². The number of thioether (sulfide) groups is 1. The minimum atomic E-state index is -0.561. The lowest BCUT2D eigenvalue weighted by Gasteiger charge is -2.15. The molecule has 0 aliphatic rings. The Balaban J connectivity index is 1.93. The summed E-state index contributed by atoms with van der Waals surface area (Å²) in [5, 5.41) is 2.82. The smallest absolute Gasteiger partial charge is 0.265 e. The second kappa shape index (κ2) is 7.52. The third kappa shape index (κ3) is 4.79. The van der Waals surface area contributed by atoms with Crippen LogP contribution in [0.3, 0.4) is 0 Å². The number of ether oxygens (including phenoxy) is 1. The average Bonchev–Trinajstić information content (AvgIpc) is 2.50. The zero-order valence-corrected chi connectivity index (χ0v) is 14.2. The second-order valence-electron chi connectivity index (χ2n) is 4.43. The fraction of sp³-hybridized carbons (Fsp3) is 0.188. The van der Waals surface area contributed by atoms with E-state index in [9.17, 15) is 4.79 Å². The van der Waals surface area contributed by atoms with Gasteiger partial charge in [0.2, 0.25) is 0 Å². The molecule has 0 aliphatic carbocycles. The Labute approximate surface area is 137 Å². The molecular weight excluding hydrogens is 350 g/mol. The maximum absolute atomic E-state index is 12.1.